The van der Waals surface area contributed by atoms with E-state index < -0.39 is 12.3 Å². The van der Waals surface area contributed by atoms with E-state index in [0.29, 0.717) is 28.8 Å². The van der Waals surface area contributed by atoms with Gasteiger partial charge in [0.05, 0.1) is 17.5 Å². The minimum atomic E-state index is -0.995. The Morgan fingerprint density at radius 3 is 2.45 bits per heavy atom. The Bertz CT molecular complexity index is 864. The van der Waals surface area contributed by atoms with E-state index in [2.05, 4.69) is 15.6 Å². The molecule has 1 unspecified atom stereocenters. The third kappa shape index (κ3) is 4.04. The minimum Gasteiger partial charge on any atom is -0.393 e. The van der Waals surface area contributed by atoms with Crippen molar-refractivity contribution in [3.63, 3.8) is 0 Å². The summed E-state index contributed by atoms with van der Waals surface area (Å²) in [5.74, 6) is 0.539. The van der Waals surface area contributed by atoms with Crippen LogP contribution in [0.15, 0.2) is 42.5 Å². The highest BCUT2D eigenvalue weighted by molar-refractivity contribution is 5.95. The van der Waals surface area contributed by atoms with Crippen LogP contribution in [-0.4, -0.2) is 47.4 Å². The van der Waals surface area contributed by atoms with Crippen LogP contribution in [-0.2, 0) is 4.74 Å². The van der Waals surface area contributed by atoms with Crippen molar-refractivity contribution in [2.24, 2.45) is 11.8 Å². The minimum absolute atomic E-state index is 0.118. The van der Waals surface area contributed by atoms with Gasteiger partial charge in [0.15, 0.2) is 0 Å². The van der Waals surface area contributed by atoms with Crippen LogP contribution >= 0.6 is 0 Å². The van der Waals surface area contributed by atoms with Crippen LogP contribution < -0.4 is 10.6 Å². The first kappa shape index (κ1) is 20.0. The van der Waals surface area contributed by atoms with Gasteiger partial charge in [-0.25, -0.2) is 0 Å². The quantitative estimate of drug-likeness (QED) is 0.529. The number of benzene rings is 1. The number of nitrogens with one attached hydrogen (secondary N) is 2. The van der Waals surface area contributed by atoms with E-state index in [4.69, 9.17) is 4.74 Å². The number of nitrogens with zero attached hydrogens (tertiary/aromatic N) is 1. The number of carbonyl (C=O) groups is 1. The van der Waals surface area contributed by atoms with E-state index in [-0.39, 0.29) is 18.1 Å². The summed E-state index contributed by atoms with van der Waals surface area (Å²) in [6, 6.07) is 13.1. The van der Waals surface area contributed by atoms with Gasteiger partial charge >= 0.3 is 0 Å². The molecule has 1 heterocycles. The lowest BCUT2D eigenvalue weighted by atomic mass is 10.0. The number of aliphatic hydroxyl groups excluding tert-OH is 2. The van der Waals surface area contributed by atoms with Crippen LogP contribution in [0.3, 0.4) is 0 Å². The molecule has 2 aliphatic carbocycles. The van der Waals surface area contributed by atoms with Crippen molar-refractivity contribution in [2.75, 3.05) is 14.2 Å². The van der Waals surface area contributed by atoms with Gasteiger partial charge < -0.3 is 20.3 Å². The Kier molecular flexibility index (Phi) is 5.65. The van der Waals surface area contributed by atoms with Gasteiger partial charge in [-0.1, -0.05) is 30.3 Å². The van der Waals surface area contributed by atoms with E-state index in [9.17, 15) is 15.0 Å². The second-order valence-electron chi connectivity index (χ2n) is 7.88. The average Bonchev–Trinajstić information content (AvgIpc) is 3.18. The maximum absolute atomic E-state index is 12.9. The van der Waals surface area contributed by atoms with Crippen LogP contribution in [0, 0.1) is 11.8 Å². The first-order valence-electron chi connectivity index (χ1n) is 9.95. The van der Waals surface area contributed by atoms with Gasteiger partial charge in [-0.2, -0.15) is 0 Å². The molecule has 0 bridgehead atoms. The molecule has 7 heteroatoms. The lowest BCUT2D eigenvalue weighted by Crippen LogP contribution is -2.30. The van der Waals surface area contributed by atoms with Crippen molar-refractivity contribution < 1.29 is 19.7 Å². The number of pyridine rings is 1. The lowest BCUT2D eigenvalue weighted by Gasteiger charge is -2.19. The van der Waals surface area contributed by atoms with Crippen LogP contribution in [0.2, 0.25) is 0 Å². The molecule has 1 amide bonds. The summed E-state index contributed by atoms with van der Waals surface area (Å²) in [6.07, 6.45) is -0.190. The predicted molar refractivity (Wildman–Crippen MR) is 107 cm³/mol. The standard InChI is InChI=1S/C22H27N3O4/c1-23-22(28)18-9-13(21(27)25-19-15-10-14(26)11-16(15)19)8-17(24-18)20(29-2)12-6-4-3-5-7-12/h3-9,14-16,19-20,22-23,26,28H,10-11H2,1-2H3,(H,25,27)/t14-,15-,16+,19+,20-,22?/m0/s1. The Balaban J connectivity index is 1.61. The zero-order valence-electron chi connectivity index (χ0n) is 16.6. The van der Waals surface area contributed by atoms with Crippen molar-refractivity contribution in [1.29, 1.82) is 0 Å². The largest absolute Gasteiger partial charge is 0.393 e. The first-order chi connectivity index (χ1) is 14.0. The van der Waals surface area contributed by atoms with Gasteiger partial charge in [-0.3, -0.25) is 15.1 Å². The summed E-state index contributed by atoms with van der Waals surface area (Å²) in [7, 11) is 3.22. The summed E-state index contributed by atoms with van der Waals surface area (Å²) in [4.78, 5) is 17.5. The van der Waals surface area contributed by atoms with E-state index >= 15 is 0 Å². The molecule has 154 valence electrons. The number of carbonyl (C=O) groups excluding carboxylic acids is 1. The Labute approximate surface area is 170 Å². The molecular weight excluding hydrogens is 370 g/mol. The van der Waals surface area contributed by atoms with Gasteiger partial charge in [0.1, 0.15) is 12.3 Å². The molecule has 7 nitrogen and oxygen atoms in total. The number of rotatable bonds is 7. The molecular formula is C22H27N3O4. The number of aromatic nitrogens is 1. The predicted octanol–water partition coefficient (Wildman–Crippen LogP) is 1.53. The molecule has 2 fully saturated rings. The molecule has 4 rings (SSSR count). The number of ether oxygens (including phenoxy) is 1. The molecule has 1 aromatic heterocycles. The molecule has 2 saturated carbocycles. The van der Waals surface area contributed by atoms with Crippen molar-refractivity contribution >= 4 is 5.91 Å². The fourth-order valence-electron chi connectivity index (χ4n) is 4.44. The number of fused-ring (bicyclic) bond motifs is 1. The van der Waals surface area contributed by atoms with Gasteiger partial charge in [-0.05, 0) is 49.4 Å². The molecule has 2 aromatic rings. The molecule has 0 radical (unpaired) electrons. The van der Waals surface area contributed by atoms with Crippen molar-refractivity contribution in [3.05, 3.63) is 65.0 Å². The number of amides is 1. The highest BCUT2D eigenvalue weighted by atomic mass is 16.5. The molecule has 29 heavy (non-hydrogen) atoms. The zero-order valence-corrected chi connectivity index (χ0v) is 16.6. The number of hydrogen-bond acceptors (Lipinski definition) is 6. The Morgan fingerprint density at radius 2 is 1.83 bits per heavy atom. The van der Waals surface area contributed by atoms with E-state index in [1.54, 1.807) is 26.3 Å². The SMILES string of the molecule is CNC(O)c1cc(C(=O)N[C@H]2[C@@H]3C[C@@H](O)C[C@@H]32)cc([C@@H](OC)c2ccccc2)n1. The smallest absolute Gasteiger partial charge is 0.251 e. The maximum Gasteiger partial charge on any atom is 0.251 e. The zero-order chi connectivity index (χ0) is 20.5. The molecule has 4 N–H and O–H groups in total. The average molecular weight is 397 g/mol. The van der Waals surface area contributed by atoms with Gasteiger partial charge in [-0.15, -0.1) is 0 Å². The van der Waals surface area contributed by atoms with E-state index in [0.717, 1.165) is 18.4 Å². The fourth-order valence-corrected chi connectivity index (χ4v) is 4.44. The highest BCUT2D eigenvalue weighted by Crippen LogP contribution is 2.52. The Morgan fingerprint density at radius 1 is 1.17 bits per heavy atom. The van der Waals surface area contributed by atoms with Gasteiger partial charge in [0.2, 0.25) is 0 Å². The molecule has 0 saturated heterocycles. The highest BCUT2D eigenvalue weighted by Gasteiger charge is 2.56. The molecule has 6 atom stereocenters. The summed E-state index contributed by atoms with van der Waals surface area (Å²) in [5.41, 5.74) is 2.26. The number of methoxy groups -OCH3 is 1. The Hall–Kier alpha value is -2.32. The summed E-state index contributed by atoms with van der Waals surface area (Å²) < 4.78 is 5.67. The number of aliphatic hydroxyl groups is 2. The molecule has 1 aromatic carbocycles. The van der Waals surface area contributed by atoms with Gasteiger partial charge in [0, 0.05) is 18.7 Å². The summed E-state index contributed by atoms with van der Waals surface area (Å²) in [6.45, 7) is 0. The van der Waals surface area contributed by atoms with Crippen LogP contribution in [0.1, 0.15) is 52.5 Å². The normalized spacial score (nSPS) is 27.2. The summed E-state index contributed by atoms with van der Waals surface area (Å²) in [5, 5.41) is 25.8. The number of hydrogen-bond donors (Lipinski definition) is 4. The van der Waals surface area contributed by atoms with Crippen molar-refractivity contribution in [2.45, 2.75) is 37.3 Å². The van der Waals surface area contributed by atoms with Crippen LogP contribution in [0.4, 0.5) is 0 Å². The van der Waals surface area contributed by atoms with Crippen molar-refractivity contribution in [3.8, 4) is 0 Å². The molecule has 0 spiro atoms. The van der Waals surface area contributed by atoms with E-state index in [1.807, 2.05) is 30.3 Å². The third-order valence-electron chi connectivity index (χ3n) is 6.01. The van der Waals surface area contributed by atoms with Crippen LogP contribution in [0.25, 0.3) is 0 Å². The second-order valence-corrected chi connectivity index (χ2v) is 7.88. The fraction of sp³-hybridized carbons (Fsp3) is 0.455. The lowest BCUT2D eigenvalue weighted by molar-refractivity contribution is 0.0934. The summed E-state index contributed by atoms with van der Waals surface area (Å²) >= 11 is 0. The van der Waals surface area contributed by atoms with Crippen molar-refractivity contribution in [1.82, 2.24) is 15.6 Å². The van der Waals surface area contributed by atoms with Crippen LogP contribution in [0.5, 0.6) is 0 Å². The molecule has 0 aliphatic heterocycles. The van der Waals surface area contributed by atoms with E-state index in [1.165, 1.54) is 0 Å². The topological polar surface area (TPSA) is 104 Å². The maximum atomic E-state index is 12.9. The van der Waals surface area contributed by atoms with Gasteiger partial charge in [0.25, 0.3) is 5.91 Å². The third-order valence-corrected chi connectivity index (χ3v) is 6.01. The second kappa shape index (κ2) is 8.20. The molecule has 2 aliphatic rings. The first-order valence-corrected chi connectivity index (χ1v) is 9.95. The monoisotopic (exact) mass is 397 g/mol.